The Labute approximate surface area is 279 Å². The minimum Gasteiger partial charge on any atom is -0.444 e. The molecule has 0 unspecified atom stereocenters. The molecule has 2 atom stereocenters. The molecule has 2 amide bonds. The van der Waals surface area contributed by atoms with Gasteiger partial charge in [0.15, 0.2) is 0 Å². The molecule has 0 spiro atoms. The maximum atomic E-state index is 12.9. The molecule has 4 aromatic rings. The van der Waals surface area contributed by atoms with Gasteiger partial charge in [0, 0.05) is 18.0 Å². The third kappa shape index (κ3) is 6.42. The van der Waals surface area contributed by atoms with E-state index >= 15 is 0 Å². The lowest BCUT2D eigenvalue weighted by Gasteiger charge is -2.27. The van der Waals surface area contributed by atoms with Gasteiger partial charge in [-0.05, 0) is 114 Å². The first-order valence-corrected chi connectivity index (χ1v) is 17.5. The van der Waals surface area contributed by atoms with Gasteiger partial charge in [-0.15, -0.1) is 11.3 Å². The number of thiophene rings is 1. The number of aryl methyl sites for hydroxylation is 2. The smallest absolute Gasteiger partial charge is 0.410 e. The zero-order valence-electron chi connectivity index (χ0n) is 28.1. The Morgan fingerprint density at radius 2 is 1.34 bits per heavy atom. The first kappa shape index (κ1) is 31.5. The molecule has 47 heavy (non-hydrogen) atoms. The maximum Gasteiger partial charge on any atom is 0.410 e. The average molecular weight is 657 g/mol. The molecule has 2 saturated heterocycles. The topological polar surface area (TPSA) is 116 Å². The monoisotopic (exact) mass is 656 g/mol. The van der Waals surface area contributed by atoms with Crippen LogP contribution in [0.2, 0.25) is 0 Å². The van der Waals surface area contributed by atoms with E-state index in [-0.39, 0.29) is 24.3 Å². The van der Waals surface area contributed by atoms with Gasteiger partial charge in [-0.1, -0.05) is 12.1 Å². The number of benzene rings is 1. The summed E-state index contributed by atoms with van der Waals surface area (Å²) in [5, 5.41) is 0. The fraction of sp³-hybridized carbons (Fsp3) is 0.500. The van der Waals surface area contributed by atoms with Crippen molar-refractivity contribution in [3.05, 3.63) is 59.4 Å². The van der Waals surface area contributed by atoms with E-state index in [4.69, 9.17) is 19.4 Å². The van der Waals surface area contributed by atoms with E-state index in [1.54, 1.807) is 21.1 Å². The van der Waals surface area contributed by atoms with Crippen LogP contribution in [0, 0.1) is 0 Å². The molecule has 0 bridgehead atoms. The highest BCUT2D eigenvalue weighted by molar-refractivity contribution is 7.19. The number of nitrogens with one attached hydrogen (secondary N) is 2. The number of hydrogen-bond acceptors (Lipinski definition) is 7. The van der Waals surface area contributed by atoms with Gasteiger partial charge in [0.2, 0.25) is 0 Å². The van der Waals surface area contributed by atoms with E-state index in [2.05, 4.69) is 34.2 Å². The number of amides is 2. The van der Waals surface area contributed by atoms with Crippen LogP contribution in [-0.4, -0.2) is 66.2 Å². The molecule has 2 aliphatic heterocycles. The van der Waals surface area contributed by atoms with Gasteiger partial charge >= 0.3 is 12.2 Å². The molecular weight excluding hydrogens is 613 g/mol. The first-order valence-electron chi connectivity index (χ1n) is 16.7. The van der Waals surface area contributed by atoms with Crippen molar-refractivity contribution in [2.24, 2.45) is 0 Å². The van der Waals surface area contributed by atoms with Gasteiger partial charge in [0.1, 0.15) is 22.9 Å². The number of likely N-dealkylation sites (tertiary alicyclic amines) is 2. The van der Waals surface area contributed by atoms with Gasteiger partial charge < -0.3 is 19.4 Å². The van der Waals surface area contributed by atoms with Crippen molar-refractivity contribution in [3.63, 3.8) is 0 Å². The number of aromatic amines is 2. The Kier molecular flexibility index (Phi) is 7.93. The quantitative estimate of drug-likeness (QED) is 0.228. The van der Waals surface area contributed by atoms with Crippen molar-refractivity contribution in [2.45, 2.75) is 103 Å². The summed E-state index contributed by atoms with van der Waals surface area (Å²) in [4.78, 5) is 48.2. The molecule has 5 heterocycles. The van der Waals surface area contributed by atoms with Crippen molar-refractivity contribution in [2.75, 3.05) is 13.1 Å². The van der Waals surface area contributed by atoms with Crippen LogP contribution in [0.25, 0.3) is 32.3 Å². The molecular formula is C36H44N6O4S. The number of fused-ring (bicyclic) bond motifs is 3. The van der Waals surface area contributed by atoms with Crippen LogP contribution >= 0.6 is 11.3 Å². The average Bonchev–Trinajstić information content (AvgIpc) is 3.82. The van der Waals surface area contributed by atoms with Crippen LogP contribution in [0.4, 0.5) is 9.59 Å². The van der Waals surface area contributed by atoms with Crippen LogP contribution in [0.1, 0.15) is 102 Å². The molecule has 2 N–H and O–H groups in total. The normalized spacial score (nSPS) is 19.5. The van der Waals surface area contributed by atoms with Crippen molar-refractivity contribution in [1.82, 2.24) is 29.7 Å². The molecule has 1 aromatic carbocycles. The van der Waals surface area contributed by atoms with E-state index in [1.165, 1.54) is 21.6 Å². The van der Waals surface area contributed by atoms with E-state index in [0.29, 0.717) is 13.1 Å². The predicted octanol–water partition coefficient (Wildman–Crippen LogP) is 8.44. The Hall–Kier alpha value is -4.12. The largest absolute Gasteiger partial charge is 0.444 e. The summed E-state index contributed by atoms with van der Waals surface area (Å²) in [6.45, 7) is 12.7. The zero-order valence-corrected chi connectivity index (χ0v) is 28.9. The van der Waals surface area contributed by atoms with Crippen molar-refractivity contribution < 1.29 is 19.1 Å². The maximum absolute atomic E-state index is 12.9. The third-order valence-electron chi connectivity index (χ3n) is 8.98. The molecule has 11 heteroatoms. The lowest BCUT2D eigenvalue weighted by Crippen LogP contribution is -2.36. The number of nitrogens with zero attached hydrogens (tertiary/aromatic N) is 4. The fourth-order valence-electron chi connectivity index (χ4n) is 6.90. The molecule has 3 aromatic heterocycles. The summed E-state index contributed by atoms with van der Waals surface area (Å²) < 4.78 is 11.3. The van der Waals surface area contributed by atoms with Crippen LogP contribution in [0.15, 0.2) is 36.7 Å². The number of H-pyrrole nitrogens is 2. The summed E-state index contributed by atoms with van der Waals surface area (Å²) in [6.07, 6.45) is 8.72. The summed E-state index contributed by atoms with van der Waals surface area (Å²) in [5.41, 5.74) is 5.89. The van der Waals surface area contributed by atoms with E-state index < -0.39 is 11.2 Å². The van der Waals surface area contributed by atoms with Gasteiger partial charge in [-0.2, -0.15) is 0 Å². The number of carbonyl (C=O) groups is 2. The standard InChI is InChI=1S/C36H44N6O4S/c1-35(2,3)45-33(43)41-15-7-9-27(41)31-37-19-25(39-31)22-13-14-24-21(17-22)11-12-23-18-29(47-30(23)24)26-20-38-32(40-26)28-10-8-16-42(28)34(44)46-36(4,5)6/h13-14,17-20,27-28H,7-12,15-16H2,1-6H3,(H,37,39)(H,38,40)/t27-,28-/m0/s1. The van der Waals surface area contributed by atoms with Crippen LogP contribution in [0.5, 0.6) is 0 Å². The Balaban J connectivity index is 1.08. The zero-order chi connectivity index (χ0) is 33.1. The van der Waals surface area contributed by atoms with E-state index in [1.807, 2.05) is 53.9 Å². The van der Waals surface area contributed by atoms with E-state index in [9.17, 15) is 9.59 Å². The van der Waals surface area contributed by atoms with Crippen molar-refractivity contribution >= 4 is 23.5 Å². The van der Waals surface area contributed by atoms with Crippen molar-refractivity contribution in [1.29, 1.82) is 0 Å². The minimum absolute atomic E-state index is 0.107. The number of rotatable bonds is 4. The SMILES string of the molecule is CC(C)(C)OC(=O)N1CCC[C@H]1c1ncc(-c2ccc3c(c2)CCc2cc(-c4cnc([C@@H]5CCCN5C(=O)OC(C)(C)C)[nH]4)sc2-3)[nH]1. The number of imidazole rings is 2. The van der Waals surface area contributed by atoms with Gasteiger partial charge in [0.25, 0.3) is 0 Å². The molecule has 0 radical (unpaired) electrons. The Morgan fingerprint density at radius 3 is 1.94 bits per heavy atom. The molecule has 10 nitrogen and oxygen atoms in total. The third-order valence-corrected chi connectivity index (χ3v) is 10.2. The highest BCUT2D eigenvalue weighted by Crippen LogP contribution is 2.44. The number of hydrogen-bond donors (Lipinski definition) is 2. The van der Waals surface area contributed by atoms with Crippen molar-refractivity contribution in [3.8, 4) is 32.3 Å². The second-order valence-electron chi connectivity index (χ2n) is 14.9. The second kappa shape index (κ2) is 11.8. The van der Waals surface area contributed by atoms with Crippen LogP contribution < -0.4 is 0 Å². The molecule has 248 valence electrons. The second-order valence-corrected chi connectivity index (χ2v) is 15.9. The number of ether oxygens (including phenoxy) is 2. The lowest BCUT2D eigenvalue weighted by molar-refractivity contribution is 0.0208. The highest BCUT2D eigenvalue weighted by atomic mass is 32.1. The molecule has 1 aliphatic carbocycles. The van der Waals surface area contributed by atoms with Gasteiger partial charge in [0.05, 0.1) is 40.7 Å². The Bertz CT molecular complexity index is 1810. The molecule has 7 rings (SSSR count). The molecule has 2 fully saturated rings. The van der Waals surface area contributed by atoms with Crippen LogP contribution in [-0.2, 0) is 22.3 Å². The Morgan fingerprint density at radius 1 is 0.787 bits per heavy atom. The first-order chi connectivity index (χ1) is 22.3. The highest BCUT2D eigenvalue weighted by Gasteiger charge is 2.36. The summed E-state index contributed by atoms with van der Waals surface area (Å²) in [7, 11) is 0. The molecule has 3 aliphatic rings. The van der Waals surface area contributed by atoms with Gasteiger partial charge in [-0.25, -0.2) is 19.6 Å². The van der Waals surface area contributed by atoms with Crippen LogP contribution in [0.3, 0.4) is 0 Å². The summed E-state index contributed by atoms with van der Waals surface area (Å²) >= 11 is 1.79. The lowest BCUT2D eigenvalue weighted by atomic mass is 9.89. The number of aromatic nitrogens is 4. The summed E-state index contributed by atoms with van der Waals surface area (Å²) in [5.74, 6) is 1.61. The van der Waals surface area contributed by atoms with E-state index in [0.717, 1.165) is 72.0 Å². The minimum atomic E-state index is -0.535. The molecule has 0 saturated carbocycles. The number of carbonyl (C=O) groups excluding carboxylic acids is 2. The summed E-state index contributed by atoms with van der Waals surface area (Å²) in [6, 6.07) is 8.72. The predicted molar refractivity (Wildman–Crippen MR) is 182 cm³/mol. The fourth-order valence-corrected chi connectivity index (χ4v) is 8.13. The van der Waals surface area contributed by atoms with Gasteiger partial charge in [-0.3, -0.25) is 9.80 Å².